The Kier molecular flexibility index (Phi) is 5.54. The van der Waals surface area contributed by atoms with Gasteiger partial charge in [0, 0.05) is 5.69 Å². The first-order valence-corrected chi connectivity index (χ1v) is 7.35. The first-order valence-electron chi connectivity index (χ1n) is 7.35. The third kappa shape index (κ3) is 4.72. The second-order valence-electron chi connectivity index (χ2n) is 5.00. The Morgan fingerprint density at radius 3 is 2.65 bits per heavy atom. The largest absolute Gasteiger partial charge is 0.494 e. The zero-order valence-electron chi connectivity index (χ0n) is 13.2. The van der Waals surface area contributed by atoms with E-state index in [1.807, 2.05) is 50.2 Å². The van der Waals surface area contributed by atoms with E-state index in [9.17, 15) is 10.1 Å². The molecule has 0 saturated heterocycles. The molecule has 0 fully saturated rings. The van der Waals surface area contributed by atoms with Crippen molar-refractivity contribution in [3.63, 3.8) is 0 Å². The van der Waals surface area contributed by atoms with Gasteiger partial charge in [0.1, 0.15) is 17.4 Å². The van der Waals surface area contributed by atoms with E-state index in [0.29, 0.717) is 18.0 Å². The molecular weight excluding hydrogens is 288 g/mol. The number of ether oxygens (including phenoxy) is 1. The van der Waals surface area contributed by atoms with Gasteiger partial charge in [-0.15, -0.1) is 0 Å². The van der Waals surface area contributed by atoms with Crippen molar-refractivity contribution in [1.29, 1.82) is 5.26 Å². The van der Waals surface area contributed by atoms with Crippen LogP contribution in [0.2, 0.25) is 0 Å². The Bertz CT molecular complexity index is 756. The lowest BCUT2D eigenvalue weighted by Crippen LogP contribution is -2.13. The molecule has 116 valence electrons. The van der Waals surface area contributed by atoms with Crippen LogP contribution >= 0.6 is 0 Å². The van der Waals surface area contributed by atoms with E-state index < -0.39 is 5.91 Å². The molecule has 4 nitrogen and oxygen atoms in total. The molecule has 0 bridgehead atoms. The van der Waals surface area contributed by atoms with Gasteiger partial charge in [0.05, 0.1) is 6.61 Å². The number of hydrogen-bond acceptors (Lipinski definition) is 3. The third-order valence-corrected chi connectivity index (χ3v) is 3.15. The van der Waals surface area contributed by atoms with Crippen molar-refractivity contribution in [2.24, 2.45) is 0 Å². The fraction of sp³-hybridized carbons (Fsp3) is 0.158. The minimum absolute atomic E-state index is 0.0409. The van der Waals surface area contributed by atoms with Crippen LogP contribution in [0.4, 0.5) is 5.69 Å². The number of aryl methyl sites for hydroxylation is 1. The zero-order chi connectivity index (χ0) is 16.7. The minimum Gasteiger partial charge on any atom is -0.494 e. The van der Waals surface area contributed by atoms with Crippen molar-refractivity contribution in [2.45, 2.75) is 13.8 Å². The maximum atomic E-state index is 12.2. The van der Waals surface area contributed by atoms with Crippen molar-refractivity contribution in [2.75, 3.05) is 11.9 Å². The highest BCUT2D eigenvalue weighted by Gasteiger charge is 2.09. The highest BCUT2D eigenvalue weighted by Crippen LogP contribution is 2.17. The summed E-state index contributed by atoms with van der Waals surface area (Å²) in [6.45, 7) is 4.43. The molecule has 0 aliphatic rings. The second kappa shape index (κ2) is 7.81. The van der Waals surface area contributed by atoms with E-state index in [2.05, 4.69) is 5.32 Å². The number of benzene rings is 2. The number of anilines is 1. The average Bonchev–Trinajstić information content (AvgIpc) is 2.55. The van der Waals surface area contributed by atoms with Crippen LogP contribution in [-0.4, -0.2) is 12.5 Å². The summed E-state index contributed by atoms with van der Waals surface area (Å²) in [5.74, 6) is 0.274. The van der Waals surface area contributed by atoms with Crippen LogP contribution in [0.15, 0.2) is 54.1 Å². The first kappa shape index (κ1) is 16.3. The number of nitrogens with one attached hydrogen (secondary N) is 1. The van der Waals surface area contributed by atoms with E-state index in [0.717, 1.165) is 11.1 Å². The summed E-state index contributed by atoms with van der Waals surface area (Å²) in [6, 6.07) is 16.6. The van der Waals surface area contributed by atoms with E-state index in [1.54, 1.807) is 24.3 Å². The summed E-state index contributed by atoms with van der Waals surface area (Å²) < 4.78 is 5.42. The SMILES string of the molecule is CCOc1cccc(/C=C(/C#N)C(=O)Nc2ccc(C)cc2)c1. The number of nitriles is 1. The fourth-order valence-corrected chi connectivity index (χ4v) is 2.01. The molecule has 0 unspecified atom stereocenters. The summed E-state index contributed by atoms with van der Waals surface area (Å²) in [6.07, 6.45) is 1.55. The summed E-state index contributed by atoms with van der Waals surface area (Å²) >= 11 is 0. The van der Waals surface area contributed by atoms with E-state index in [1.165, 1.54) is 0 Å². The molecular formula is C19H18N2O2. The number of rotatable bonds is 5. The third-order valence-electron chi connectivity index (χ3n) is 3.15. The van der Waals surface area contributed by atoms with Crippen LogP contribution in [0, 0.1) is 18.3 Å². The molecule has 1 amide bonds. The van der Waals surface area contributed by atoms with Gasteiger partial charge in [0.25, 0.3) is 5.91 Å². The van der Waals surface area contributed by atoms with Gasteiger partial charge in [-0.25, -0.2) is 0 Å². The molecule has 0 aliphatic carbocycles. The Morgan fingerprint density at radius 1 is 1.26 bits per heavy atom. The number of hydrogen-bond donors (Lipinski definition) is 1. The van der Waals surface area contributed by atoms with Gasteiger partial charge in [-0.2, -0.15) is 5.26 Å². The molecule has 0 spiro atoms. The molecule has 0 saturated carbocycles. The lowest BCUT2D eigenvalue weighted by atomic mass is 10.1. The second-order valence-corrected chi connectivity index (χ2v) is 5.00. The average molecular weight is 306 g/mol. The monoisotopic (exact) mass is 306 g/mol. The first-order chi connectivity index (χ1) is 11.1. The summed E-state index contributed by atoms with van der Waals surface area (Å²) in [4.78, 5) is 12.2. The predicted molar refractivity (Wildman–Crippen MR) is 91.0 cm³/mol. The smallest absolute Gasteiger partial charge is 0.266 e. The number of amides is 1. The summed E-state index contributed by atoms with van der Waals surface area (Å²) in [5.41, 5.74) is 2.54. The van der Waals surface area contributed by atoms with Gasteiger partial charge in [-0.3, -0.25) is 4.79 Å². The van der Waals surface area contributed by atoms with Crippen LogP contribution in [0.1, 0.15) is 18.1 Å². The van der Waals surface area contributed by atoms with Gasteiger partial charge in [0.2, 0.25) is 0 Å². The van der Waals surface area contributed by atoms with Crippen molar-refractivity contribution in [1.82, 2.24) is 0 Å². The van der Waals surface area contributed by atoms with Gasteiger partial charge in [-0.1, -0.05) is 29.8 Å². The van der Waals surface area contributed by atoms with E-state index >= 15 is 0 Å². The normalized spacial score (nSPS) is 10.7. The van der Waals surface area contributed by atoms with Gasteiger partial charge < -0.3 is 10.1 Å². The zero-order valence-corrected chi connectivity index (χ0v) is 13.2. The highest BCUT2D eigenvalue weighted by molar-refractivity contribution is 6.09. The summed E-state index contributed by atoms with van der Waals surface area (Å²) in [7, 11) is 0. The molecule has 4 heteroatoms. The Balaban J connectivity index is 2.18. The molecule has 2 aromatic carbocycles. The quantitative estimate of drug-likeness (QED) is 0.672. The van der Waals surface area contributed by atoms with Crippen LogP contribution in [0.25, 0.3) is 6.08 Å². The van der Waals surface area contributed by atoms with Crippen LogP contribution in [0.5, 0.6) is 5.75 Å². The molecule has 0 atom stereocenters. The molecule has 0 radical (unpaired) electrons. The fourth-order valence-electron chi connectivity index (χ4n) is 2.01. The molecule has 2 rings (SSSR count). The highest BCUT2D eigenvalue weighted by atomic mass is 16.5. The molecule has 23 heavy (non-hydrogen) atoms. The lowest BCUT2D eigenvalue weighted by molar-refractivity contribution is -0.112. The predicted octanol–water partition coefficient (Wildman–Crippen LogP) is 3.94. The van der Waals surface area contributed by atoms with Crippen LogP contribution < -0.4 is 10.1 Å². The van der Waals surface area contributed by atoms with Crippen LogP contribution in [-0.2, 0) is 4.79 Å². The van der Waals surface area contributed by atoms with Crippen molar-refractivity contribution in [3.05, 3.63) is 65.2 Å². The van der Waals surface area contributed by atoms with Gasteiger partial charge in [-0.05, 0) is 49.8 Å². The number of nitrogens with zero attached hydrogens (tertiary/aromatic N) is 1. The van der Waals surface area contributed by atoms with E-state index in [4.69, 9.17) is 4.74 Å². The van der Waals surface area contributed by atoms with Crippen molar-refractivity contribution >= 4 is 17.7 Å². The molecule has 0 aromatic heterocycles. The lowest BCUT2D eigenvalue weighted by Gasteiger charge is -2.06. The molecule has 1 N–H and O–H groups in total. The van der Waals surface area contributed by atoms with E-state index in [-0.39, 0.29) is 5.57 Å². The van der Waals surface area contributed by atoms with Gasteiger partial charge >= 0.3 is 0 Å². The van der Waals surface area contributed by atoms with Crippen molar-refractivity contribution < 1.29 is 9.53 Å². The molecule has 2 aromatic rings. The molecule has 0 heterocycles. The Hall–Kier alpha value is -3.06. The Labute approximate surface area is 136 Å². The van der Waals surface area contributed by atoms with Crippen molar-refractivity contribution in [3.8, 4) is 11.8 Å². The molecule has 0 aliphatic heterocycles. The maximum Gasteiger partial charge on any atom is 0.266 e. The Morgan fingerprint density at radius 2 is 2.00 bits per heavy atom. The summed E-state index contributed by atoms with van der Waals surface area (Å²) in [5, 5.41) is 12.0. The van der Waals surface area contributed by atoms with Crippen LogP contribution in [0.3, 0.4) is 0 Å². The number of carbonyl (C=O) groups is 1. The maximum absolute atomic E-state index is 12.2. The van der Waals surface area contributed by atoms with Gasteiger partial charge in [0.15, 0.2) is 0 Å². The topological polar surface area (TPSA) is 62.1 Å². The standard InChI is InChI=1S/C19H18N2O2/c1-3-23-18-6-4-5-15(12-18)11-16(13-20)19(22)21-17-9-7-14(2)8-10-17/h4-12H,3H2,1-2H3,(H,21,22)/b16-11-. The minimum atomic E-state index is -0.432. The number of carbonyl (C=O) groups excluding carboxylic acids is 1.